The minimum atomic E-state index is -0.469. The van der Waals surface area contributed by atoms with E-state index in [0.717, 1.165) is 5.56 Å². The number of rotatable bonds is 4. The van der Waals surface area contributed by atoms with Crippen molar-refractivity contribution in [1.29, 1.82) is 0 Å². The highest BCUT2D eigenvalue weighted by Crippen LogP contribution is 2.25. The van der Waals surface area contributed by atoms with E-state index in [-0.39, 0.29) is 5.82 Å². The molecule has 0 bridgehead atoms. The van der Waals surface area contributed by atoms with Crippen LogP contribution in [0.25, 0.3) is 0 Å². The highest BCUT2D eigenvalue weighted by atomic mass is 32.2. The van der Waals surface area contributed by atoms with Gasteiger partial charge in [-0.2, -0.15) is 4.99 Å². The van der Waals surface area contributed by atoms with E-state index in [1.165, 1.54) is 36.3 Å². The van der Waals surface area contributed by atoms with Gasteiger partial charge in [0.2, 0.25) is 0 Å². The van der Waals surface area contributed by atoms with Crippen molar-refractivity contribution in [2.75, 3.05) is 0 Å². The summed E-state index contributed by atoms with van der Waals surface area (Å²) in [7, 11) is 0. The van der Waals surface area contributed by atoms with Gasteiger partial charge in [0.1, 0.15) is 17.2 Å². The first-order valence-corrected chi connectivity index (χ1v) is 9.59. The number of fused-ring (bicyclic) bond motifs is 1. The van der Waals surface area contributed by atoms with Crippen LogP contribution in [0.2, 0.25) is 0 Å². The van der Waals surface area contributed by atoms with E-state index < -0.39 is 11.8 Å². The molecule has 0 saturated carbocycles. The molecule has 0 atom stereocenters. The summed E-state index contributed by atoms with van der Waals surface area (Å²) < 4.78 is 13.0. The number of carbonyl (C=O) groups is 2. The maximum absolute atomic E-state index is 13.0. The third-order valence-corrected chi connectivity index (χ3v) is 5.18. The van der Waals surface area contributed by atoms with Crippen LogP contribution in [0.3, 0.4) is 0 Å². The minimum absolute atomic E-state index is 0.298. The quantitative estimate of drug-likeness (QED) is 0.576. The lowest BCUT2D eigenvalue weighted by Gasteiger charge is -2.11. The molecule has 2 aliphatic rings. The summed E-state index contributed by atoms with van der Waals surface area (Å²) in [5.74, 6) is -0.655. The van der Waals surface area contributed by atoms with Gasteiger partial charge >= 0.3 is 0 Å². The first-order chi connectivity index (χ1) is 14.1. The highest BCUT2D eigenvalue weighted by Gasteiger charge is 2.21. The Labute approximate surface area is 169 Å². The minimum Gasteiger partial charge on any atom is -0.267 e. The number of thioether (sulfide) groups is 1. The fourth-order valence-corrected chi connectivity index (χ4v) is 3.61. The van der Waals surface area contributed by atoms with Gasteiger partial charge in [-0.1, -0.05) is 12.1 Å². The molecular weight excluding hydrogens is 391 g/mol. The number of nitrogens with zero attached hydrogens (tertiary/aromatic N) is 4. The summed E-state index contributed by atoms with van der Waals surface area (Å²) in [5.41, 5.74) is 2.40. The zero-order valence-corrected chi connectivity index (χ0v) is 15.8. The highest BCUT2D eigenvalue weighted by molar-refractivity contribution is 7.98. The van der Waals surface area contributed by atoms with E-state index in [2.05, 4.69) is 20.0 Å². The molecule has 0 fully saturated rings. The summed E-state index contributed by atoms with van der Waals surface area (Å²) in [4.78, 5) is 40.6. The standard InChI is InChI=1S/C21H13FN4O2S/c22-14-5-3-13(4-6-14)11-29-21-16(2-1-9-23-21)20(28)26-15-7-8-18-17(10-15)19(27)25-12-24-18/h1-10,12H,11H2. The second-order valence-corrected chi connectivity index (χ2v) is 7.03. The Hall–Kier alpha value is -3.52. The summed E-state index contributed by atoms with van der Waals surface area (Å²) in [6.45, 7) is 0. The van der Waals surface area contributed by atoms with Crippen molar-refractivity contribution in [3.8, 4) is 0 Å². The molecule has 2 heterocycles. The van der Waals surface area contributed by atoms with Crippen LogP contribution in [0.1, 0.15) is 15.9 Å². The van der Waals surface area contributed by atoms with Crippen LogP contribution in [-0.4, -0.2) is 34.6 Å². The molecule has 1 aliphatic heterocycles. The van der Waals surface area contributed by atoms with Crippen molar-refractivity contribution in [3.63, 3.8) is 0 Å². The number of halogens is 1. The van der Waals surface area contributed by atoms with Crippen LogP contribution in [0.4, 0.5) is 4.39 Å². The van der Waals surface area contributed by atoms with Gasteiger partial charge in [-0.25, -0.2) is 19.4 Å². The van der Waals surface area contributed by atoms with Crippen molar-refractivity contribution in [1.82, 2.24) is 4.98 Å². The molecule has 4 rings (SSSR count). The average molecular weight is 404 g/mol. The zero-order chi connectivity index (χ0) is 20.2. The van der Waals surface area contributed by atoms with Crippen molar-refractivity contribution in [3.05, 3.63) is 83.3 Å². The van der Waals surface area contributed by atoms with Crippen LogP contribution in [0.15, 0.2) is 86.4 Å². The third kappa shape index (κ3) is 4.33. The second-order valence-electron chi connectivity index (χ2n) is 6.07. The predicted octanol–water partition coefficient (Wildman–Crippen LogP) is 3.60. The van der Waals surface area contributed by atoms with Gasteiger partial charge in [-0.3, -0.25) is 9.59 Å². The first-order valence-electron chi connectivity index (χ1n) is 8.60. The van der Waals surface area contributed by atoms with Crippen molar-refractivity contribution < 1.29 is 14.0 Å². The normalized spacial score (nSPS) is 16.4. The fraction of sp³-hybridized carbons (Fsp3) is 0.0476. The maximum Gasteiger partial charge on any atom is 0.280 e. The molecule has 1 aromatic carbocycles. The first kappa shape index (κ1) is 18.8. The number of amides is 2. The van der Waals surface area contributed by atoms with Gasteiger partial charge in [0.25, 0.3) is 11.8 Å². The number of aliphatic imine (C=N–C) groups is 3. The Morgan fingerprint density at radius 1 is 1.14 bits per heavy atom. The van der Waals surface area contributed by atoms with Crippen molar-refractivity contribution in [2.24, 2.45) is 15.0 Å². The number of aromatic nitrogens is 1. The molecule has 2 aromatic rings. The maximum atomic E-state index is 13.0. The van der Waals surface area contributed by atoms with Gasteiger partial charge in [0.15, 0.2) is 0 Å². The Kier molecular flexibility index (Phi) is 5.35. The van der Waals surface area contributed by atoms with Gasteiger partial charge in [-0.05, 0) is 48.1 Å². The van der Waals surface area contributed by atoms with Crippen LogP contribution in [-0.2, 0) is 10.5 Å². The summed E-state index contributed by atoms with van der Waals surface area (Å²) in [6.07, 6.45) is 7.54. The van der Waals surface area contributed by atoms with Gasteiger partial charge in [0.05, 0.1) is 22.6 Å². The second kappa shape index (κ2) is 8.24. The largest absolute Gasteiger partial charge is 0.280 e. The molecule has 1 aliphatic carbocycles. The number of carbonyl (C=O) groups excluding carboxylic acids is 2. The summed E-state index contributed by atoms with van der Waals surface area (Å²) in [6, 6.07) is 9.47. The predicted molar refractivity (Wildman–Crippen MR) is 110 cm³/mol. The molecule has 142 valence electrons. The lowest BCUT2D eigenvalue weighted by atomic mass is 10.0. The smallest absolute Gasteiger partial charge is 0.267 e. The van der Waals surface area contributed by atoms with Crippen molar-refractivity contribution >= 4 is 41.3 Å². The Morgan fingerprint density at radius 2 is 1.97 bits per heavy atom. The molecule has 1 aromatic heterocycles. The van der Waals surface area contributed by atoms with Crippen LogP contribution < -0.4 is 0 Å². The van der Waals surface area contributed by atoms with E-state index in [9.17, 15) is 14.0 Å². The molecule has 29 heavy (non-hydrogen) atoms. The lowest BCUT2D eigenvalue weighted by Crippen LogP contribution is -2.18. The Balaban J connectivity index is 1.54. The zero-order valence-electron chi connectivity index (χ0n) is 14.9. The van der Waals surface area contributed by atoms with Crippen molar-refractivity contribution in [2.45, 2.75) is 10.8 Å². The Bertz CT molecular complexity index is 1150. The molecular formula is C21H13FN4O2S. The van der Waals surface area contributed by atoms with Gasteiger partial charge in [0, 0.05) is 11.9 Å². The average Bonchev–Trinajstić information content (AvgIpc) is 2.74. The van der Waals surface area contributed by atoms with E-state index in [1.807, 2.05) is 0 Å². The van der Waals surface area contributed by atoms with Gasteiger partial charge in [-0.15, -0.1) is 11.8 Å². The number of allylic oxidation sites excluding steroid dienone is 3. The number of benzene rings is 1. The molecule has 0 N–H and O–H groups in total. The molecule has 8 heteroatoms. The van der Waals surface area contributed by atoms with E-state index in [4.69, 9.17) is 0 Å². The number of hydrogen-bond donors (Lipinski definition) is 0. The fourth-order valence-electron chi connectivity index (χ4n) is 2.67. The molecule has 0 unspecified atom stereocenters. The number of pyridine rings is 1. The van der Waals surface area contributed by atoms with E-state index in [0.29, 0.717) is 33.3 Å². The molecule has 0 radical (unpaired) electrons. The third-order valence-electron chi connectivity index (χ3n) is 4.10. The van der Waals surface area contributed by atoms with Crippen LogP contribution >= 0.6 is 11.8 Å². The molecule has 6 nitrogen and oxygen atoms in total. The topological polar surface area (TPSA) is 84.1 Å². The molecule has 2 amide bonds. The summed E-state index contributed by atoms with van der Waals surface area (Å²) in [5, 5.41) is 0.527. The Morgan fingerprint density at radius 3 is 2.79 bits per heavy atom. The van der Waals surface area contributed by atoms with Crippen LogP contribution in [0, 0.1) is 5.82 Å². The van der Waals surface area contributed by atoms with Gasteiger partial charge < -0.3 is 0 Å². The SMILES string of the molecule is O=C1N=CN=C2C=CC(=NC(=O)c3cccnc3SCc3ccc(F)cc3)C=C12. The summed E-state index contributed by atoms with van der Waals surface area (Å²) >= 11 is 1.37. The number of hydrogen-bond acceptors (Lipinski definition) is 5. The van der Waals surface area contributed by atoms with E-state index >= 15 is 0 Å². The monoisotopic (exact) mass is 404 g/mol. The molecule has 0 saturated heterocycles. The van der Waals surface area contributed by atoms with E-state index in [1.54, 1.807) is 42.6 Å². The molecule has 0 spiro atoms. The lowest BCUT2D eigenvalue weighted by molar-refractivity contribution is -0.113. The van der Waals surface area contributed by atoms with Crippen LogP contribution in [0.5, 0.6) is 0 Å².